The van der Waals surface area contributed by atoms with E-state index < -0.39 is 0 Å². The van der Waals surface area contributed by atoms with Gasteiger partial charge >= 0.3 is 0 Å². The normalized spacial score (nSPS) is 10.4. The second kappa shape index (κ2) is 3.94. The van der Waals surface area contributed by atoms with Gasteiger partial charge in [0.15, 0.2) is 0 Å². The van der Waals surface area contributed by atoms with E-state index in [4.69, 9.17) is 5.11 Å². The predicted octanol–water partition coefficient (Wildman–Crippen LogP) is 2.13. The Hall–Kier alpha value is -1.13. The van der Waals surface area contributed by atoms with Crippen molar-refractivity contribution in [3.8, 4) is 5.69 Å². The summed E-state index contributed by atoms with van der Waals surface area (Å²) >= 11 is 3.39. The monoisotopic (exact) mass is 252 g/mol. The molecule has 0 radical (unpaired) electrons. The summed E-state index contributed by atoms with van der Waals surface area (Å²) in [7, 11) is 0. The number of hydrogen-bond donors (Lipinski definition) is 1. The van der Waals surface area contributed by atoms with Gasteiger partial charge in [0.25, 0.3) is 0 Å². The maximum atomic E-state index is 8.99. The zero-order valence-electron chi connectivity index (χ0n) is 7.39. The molecule has 0 saturated heterocycles. The molecule has 1 aromatic heterocycles. The number of aliphatic hydroxyl groups excluding tert-OH is 1. The Morgan fingerprint density at radius 1 is 1.43 bits per heavy atom. The van der Waals surface area contributed by atoms with Gasteiger partial charge in [-0.1, -0.05) is 22.0 Å². The lowest BCUT2D eigenvalue weighted by atomic mass is 10.2. The molecule has 4 heteroatoms. The van der Waals surface area contributed by atoms with E-state index in [2.05, 4.69) is 21.0 Å². The first-order chi connectivity index (χ1) is 6.81. The van der Waals surface area contributed by atoms with E-state index in [0.29, 0.717) is 0 Å². The van der Waals surface area contributed by atoms with Gasteiger partial charge in [0.1, 0.15) is 0 Å². The van der Waals surface area contributed by atoms with Crippen LogP contribution in [0.3, 0.4) is 0 Å². The summed E-state index contributed by atoms with van der Waals surface area (Å²) < 4.78 is 2.67. The van der Waals surface area contributed by atoms with Crippen molar-refractivity contribution in [2.24, 2.45) is 0 Å². The van der Waals surface area contributed by atoms with E-state index in [1.54, 1.807) is 10.9 Å². The smallest absolute Gasteiger partial charge is 0.0692 e. The van der Waals surface area contributed by atoms with Crippen molar-refractivity contribution in [1.29, 1.82) is 0 Å². The quantitative estimate of drug-likeness (QED) is 0.890. The van der Waals surface area contributed by atoms with Crippen LogP contribution < -0.4 is 0 Å². The molecule has 1 N–H and O–H groups in total. The van der Waals surface area contributed by atoms with E-state index in [9.17, 15) is 0 Å². The Morgan fingerprint density at radius 3 is 2.86 bits per heavy atom. The van der Waals surface area contributed by atoms with Crippen LogP contribution in [0.5, 0.6) is 0 Å². The molecular formula is C10H9BrN2O. The van der Waals surface area contributed by atoms with Gasteiger partial charge in [-0.2, -0.15) is 5.10 Å². The molecule has 0 atom stereocenters. The third kappa shape index (κ3) is 1.71. The van der Waals surface area contributed by atoms with Crippen LogP contribution in [0.4, 0.5) is 0 Å². The third-order valence-corrected chi connectivity index (χ3v) is 2.71. The molecule has 1 aromatic carbocycles. The molecule has 2 rings (SSSR count). The molecule has 0 saturated carbocycles. The molecule has 72 valence electrons. The number of rotatable bonds is 2. The molecule has 2 aromatic rings. The van der Waals surface area contributed by atoms with Gasteiger partial charge in [-0.05, 0) is 23.8 Å². The highest BCUT2D eigenvalue weighted by Gasteiger charge is 2.01. The van der Waals surface area contributed by atoms with E-state index in [1.165, 1.54) is 0 Å². The number of aliphatic hydroxyl groups is 1. The highest BCUT2D eigenvalue weighted by Crippen LogP contribution is 2.20. The molecule has 0 aliphatic carbocycles. The SMILES string of the molecule is OCc1ccc(-n2cccn2)cc1Br. The molecule has 0 bridgehead atoms. The minimum Gasteiger partial charge on any atom is -0.392 e. The Bertz CT molecular complexity index is 426. The highest BCUT2D eigenvalue weighted by molar-refractivity contribution is 9.10. The van der Waals surface area contributed by atoms with Crippen molar-refractivity contribution in [1.82, 2.24) is 9.78 Å². The molecule has 0 aliphatic rings. The molecule has 0 fully saturated rings. The largest absolute Gasteiger partial charge is 0.392 e. The number of nitrogens with zero attached hydrogens (tertiary/aromatic N) is 2. The summed E-state index contributed by atoms with van der Waals surface area (Å²) in [5.41, 5.74) is 1.85. The molecule has 0 unspecified atom stereocenters. The second-order valence-corrected chi connectivity index (χ2v) is 3.74. The maximum absolute atomic E-state index is 8.99. The van der Waals surface area contributed by atoms with Crippen molar-refractivity contribution in [3.63, 3.8) is 0 Å². The Balaban J connectivity index is 2.43. The van der Waals surface area contributed by atoms with E-state index in [0.717, 1.165) is 15.7 Å². The van der Waals surface area contributed by atoms with Crippen LogP contribution in [-0.4, -0.2) is 14.9 Å². The average Bonchev–Trinajstić information content (AvgIpc) is 2.70. The highest BCUT2D eigenvalue weighted by atomic mass is 79.9. The summed E-state index contributed by atoms with van der Waals surface area (Å²) in [6.45, 7) is 0.0416. The van der Waals surface area contributed by atoms with Gasteiger partial charge < -0.3 is 5.11 Å². The lowest BCUT2D eigenvalue weighted by molar-refractivity contribution is 0.281. The lowest BCUT2D eigenvalue weighted by Gasteiger charge is -2.04. The van der Waals surface area contributed by atoms with Gasteiger partial charge in [0.2, 0.25) is 0 Å². The fraction of sp³-hybridized carbons (Fsp3) is 0.100. The average molecular weight is 253 g/mol. The minimum atomic E-state index is 0.0416. The number of benzene rings is 1. The van der Waals surface area contributed by atoms with Crippen molar-refractivity contribution >= 4 is 15.9 Å². The van der Waals surface area contributed by atoms with Crippen LogP contribution in [0.1, 0.15) is 5.56 Å². The van der Waals surface area contributed by atoms with Crippen molar-refractivity contribution in [2.45, 2.75) is 6.61 Å². The van der Waals surface area contributed by atoms with Crippen molar-refractivity contribution in [2.75, 3.05) is 0 Å². The van der Waals surface area contributed by atoms with Gasteiger partial charge in [-0.25, -0.2) is 4.68 Å². The van der Waals surface area contributed by atoms with Gasteiger partial charge in [0.05, 0.1) is 12.3 Å². The molecular weight excluding hydrogens is 244 g/mol. The van der Waals surface area contributed by atoms with Crippen LogP contribution in [0.25, 0.3) is 5.69 Å². The second-order valence-electron chi connectivity index (χ2n) is 2.88. The summed E-state index contributed by atoms with van der Waals surface area (Å²) in [6.07, 6.45) is 3.61. The molecule has 3 nitrogen and oxygen atoms in total. The van der Waals surface area contributed by atoms with Crippen LogP contribution in [0, 0.1) is 0 Å². The molecule has 0 spiro atoms. The topological polar surface area (TPSA) is 38.0 Å². The van der Waals surface area contributed by atoms with Crippen LogP contribution in [0.2, 0.25) is 0 Å². The fourth-order valence-corrected chi connectivity index (χ4v) is 1.72. The zero-order valence-corrected chi connectivity index (χ0v) is 8.98. The summed E-state index contributed by atoms with van der Waals surface area (Å²) in [4.78, 5) is 0. The summed E-state index contributed by atoms with van der Waals surface area (Å²) in [5, 5.41) is 13.1. The summed E-state index contributed by atoms with van der Waals surface area (Å²) in [5.74, 6) is 0. The number of aromatic nitrogens is 2. The lowest BCUT2D eigenvalue weighted by Crippen LogP contribution is -1.95. The molecule has 14 heavy (non-hydrogen) atoms. The van der Waals surface area contributed by atoms with Crippen LogP contribution in [0.15, 0.2) is 41.1 Å². The number of hydrogen-bond acceptors (Lipinski definition) is 2. The van der Waals surface area contributed by atoms with Crippen LogP contribution >= 0.6 is 15.9 Å². The first-order valence-corrected chi connectivity index (χ1v) is 5.00. The first kappa shape index (κ1) is 9.43. The van der Waals surface area contributed by atoms with Gasteiger partial charge in [0, 0.05) is 16.9 Å². The fourth-order valence-electron chi connectivity index (χ4n) is 1.23. The van der Waals surface area contributed by atoms with E-state index in [1.807, 2.05) is 30.5 Å². The van der Waals surface area contributed by atoms with Crippen molar-refractivity contribution < 1.29 is 5.11 Å². The maximum Gasteiger partial charge on any atom is 0.0692 e. The Kier molecular flexibility index (Phi) is 2.65. The van der Waals surface area contributed by atoms with Crippen molar-refractivity contribution in [3.05, 3.63) is 46.7 Å². The first-order valence-electron chi connectivity index (χ1n) is 4.20. The van der Waals surface area contributed by atoms with E-state index >= 15 is 0 Å². The minimum absolute atomic E-state index is 0.0416. The van der Waals surface area contributed by atoms with Gasteiger partial charge in [-0.15, -0.1) is 0 Å². The molecule has 1 heterocycles. The molecule has 0 aliphatic heterocycles. The number of halogens is 1. The predicted molar refractivity (Wildman–Crippen MR) is 57.2 cm³/mol. The Morgan fingerprint density at radius 2 is 2.29 bits per heavy atom. The van der Waals surface area contributed by atoms with Crippen LogP contribution in [-0.2, 0) is 6.61 Å². The summed E-state index contributed by atoms with van der Waals surface area (Å²) in [6, 6.07) is 7.59. The van der Waals surface area contributed by atoms with E-state index in [-0.39, 0.29) is 6.61 Å². The van der Waals surface area contributed by atoms with Gasteiger partial charge in [-0.3, -0.25) is 0 Å². The standard InChI is InChI=1S/C10H9BrN2O/c11-10-6-9(3-2-8(10)7-14)13-5-1-4-12-13/h1-6,14H,7H2. The molecule has 0 amide bonds. The zero-order chi connectivity index (χ0) is 9.97. The Labute approximate surface area is 90.1 Å². The third-order valence-electron chi connectivity index (χ3n) is 1.98.